The van der Waals surface area contributed by atoms with Gasteiger partial charge in [0.25, 0.3) is 15.9 Å². The van der Waals surface area contributed by atoms with Crippen LogP contribution in [0.2, 0.25) is 4.34 Å². The van der Waals surface area contributed by atoms with Crippen LogP contribution in [0.5, 0.6) is 11.5 Å². The quantitative estimate of drug-likeness (QED) is 0.233. The molecule has 0 atom stereocenters. The molecule has 1 amide bonds. The first-order chi connectivity index (χ1) is 15.8. The average molecular weight is 527 g/mol. The fourth-order valence-corrected chi connectivity index (χ4v) is 6.47. The number of hydrogen-bond donors (Lipinski definition) is 0. The third-order valence-electron chi connectivity index (χ3n) is 4.44. The van der Waals surface area contributed by atoms with Crippen LogP contribution in [0.15, 0.2) is 56.5 Å². The van der Waals surface area contributed by atoms with Gasteiger partial charge in [0.2, 0.25) is 0 Å². The largest absolute Gasteiger partial charge is 0.493 e. The standard InChI is InChI=1S/C22H23ClN2O5S3/c1-4-6-12-30-16-8-7-15(13-17(16)29-3)14-18-21(26)25(11-5-2)22(31-18)24-33(27,28)20-10-9-19(23)32-20/h5,7-10,13-14H,2,4,6,11-12H2,1,3H3. The van der Waals surface area contributed by atoms with Gasteiger partial charge in [0, 0.05) is 6.54 Å². The lowest BCUT2D eigenvalue weighted by Gasteiger charge is -2.12. The number of ether oxygens (including phenoxy) is 2. The summed E-state index contributed by atoms with van der Waals surface area (Å²) >= 11 is 7.75. The van der Waals surface area contributed by atoms with E-state index in [0.29, 0.717) is 32.9 Å². The maximum atomic E-state index is 13.0. The Morgan fingerprint density at radius 3 is 2.67 bits per heavy atom. The third-order valence-corrected chi connectivity index (χ3v) is 8.53. The zero-order valence-electron chi connectivity index (χ0n) is 18.1. The number of amidine groups is 1. The van der Waals surface area contributed by atoms with Crippen molar-refractivity contribution in [3.8, 4) is 11.5 Å². The SMILES string of the molecule is C=CCN1C(=O)C(=Cc2ccc(OCCCC)c(OC)c2)SC1=NS(=O)(=O)c1ccc(Cl)s1. The molecule has 3 rings (SSSR count). The molecule has 0 saturated carbocycles. The van der Waals surface area contributed by atoms with Crippen molar-refractivity contribution in [2.75, 3.05) is 20.3 Å². The predicted molar refractivity (Wildman–Crippen MR) is 135 cm³/mol. The first-order valence-electron chi connectivity index (χ1n) is 10.0. The van der Waals surface area contributed by atoms with Crippen LogP contribution < -0.4 is 9.47 Å². The Balaban J connectivity index is 1.91. The number of hydrogen-bond acceptors (Lipinski definition) is 7. The van der Waals surface area contributed by atoms with E-state index in [1.54, 1.807) is 25.3 Å². The van der Waals surface area contributed by atoms with E-state index < -0.39 is 10.0 Å². The zero-order valence-corrected chi connectivity index (χ0v) is 21.3. The number of methoxy groups -OCH3 is 1. The zero-order chi connectivity index (χ0) is 24.0. The number of thioether (sulfide) groups is 1. The number of carbonyl (C=O) groups excluding carboxylic acids is 1. The number of unbranched alkanes of at least 4 members (excludes halogenated alkanes) is 1. The molecule has 0 unspecified atom stereocenters. The van der Waals surface area contributed by atoms with Crippen LogP contribution in [0.1, 0.15) is 25.3 Å². The monoisotopic (exact) mass is 526 g/mol. The molecular weight excluding hydrogens is 504 g/mol. The minimum Gasteiger partial charge on any atom is -0.493 e. The molecule has 7 nitrogen and oxygen atoms in total. The van der Waals surface area contributed by atoms with Gasteiger partial charge >= 0.3 is 0 Å². The van der Waals surface area contributed by atoms with Gasteiger partial charge in [-0.05, 0) is 54.1 Å². The highest BCUT2D eigenvalue weighted by Gasteiger charge is 2.34. The maximum absolute atomic E-state index is 13.0. The van der Waals surface area contributed by atoms with Crippen LogP contribution in [0, 0.1) is 0 Å². The van der Waals surface area contributed by atoms with E-state index >= 15 is 0 Å². The van der Waals surface area contributed by atoms with Crippen LogP contribution >= 0.6 is 34.7 Å². The smallest absolute Gasteiger partial charge is 0.294 e. The molecular formula is C22H23ClN2O5S3. The van der Waals surface area contributed by atoms with Gasteiger partial charge in [0.05, 0.1) is 23.0 Å². The molecule has 1 aromatic heterocycles. The maximum Gasteiger partial charge on any atom is 0.294 e. The number of rotatable bonds is 10. The molecule has 176 valence electrons. The molecule has 1 aromatic carbocycles. The minimum atomic E-state index is -4.01. The number of sulfonamides is 1. The number of halogens is 1. The van der Waals surface area contributed by atoms with Crippen molar-refractivity contribution < 1.29 is 22.7 Å². The first-order valence-corrected chi connectivity index (χ1v) is 13.5. The lowest BCUT2D eigenvalue weighted by atomic mass is 10.2. The van der Waals surface area contributed by atoms with Crippen LogP contribution in [0.25, 0.3) is 6.08 Å². The molecule has 0 N–H and O–H groups in total. The number of amides is 1. The summed E-state index contributed by atoms with van der Waals surface area (Å²) in [7, 11) is -2.46. The molecule has 0 radical (unpaired) electrons. The molecule has 2 aromatic rings. The van der Waals surface area contributed by atoms with Gasteiger partial charge in [0.15, 0.2) is 16.7 Å². The van der Waals surface area contributed by atoms with Gasteiger partial charge in [-0.2, -0.15) is 8.42 Å². The van der Waals surface area contributed by atoms with Gasteiger partial charge in [-0.15, -0.1) is 22.3 Å². The van der Waals surface area contributed by atoms with Gasteiger partial charge in [0.1, 0.15) is 4.21 Å². The summed E-state index contributed by atoms with van der Waals surface area (Å²) in [5.41, 5.74) is 0.707. The Morgan fingerprint density at radius 2 is 2.03 bits per heavy atom. The first kappa shape index (κ1) is 25.4. The van der Waals surface area contributed by atoms with E-state index in [0.717, 1.165) is 35.9 Å². The molecule has 1 fully saturated rings. The third kappa shape index (κ3) is 6.20. The number of thiophene rings is 1. The average Bonchev–Trinajstić information content (AvgIpc) is 3.34. The summed E-state index contributed by atoms with van der Waals surface area (Å²) in [4.78, 5) is 14.6. The van der Waals surface area contributed by atoms with Crippen molar-refractivity contribution in [1.82, 2.24) is 4.90 Å². The summed E-state index contributed by atoms with van der Waals surface area (Å²) in [6, 6.07) is 8.23. The highest BCUT2D eigenvalue weighted by molar-refractivity contribution is 8.19. The number of benzene rings is 1. The molecule has 0 bridgehead atoms. The fourth-order valence-electron chi connectivity index (χ4n) is 2.82. The van der Waals surface area contributed by atoms with Crippen molar-refractivity contribution in [3.05, 3.63) is 57.8 Å². The highest BCUT2D eigenvalue weighted by Crippen LogP contribution is 2.36. The van der Waals surface area contributed by atoms with E-state index in [-0.39, 0.29) is 21.8 Å². The second kappa shape index (κ2) is 11.2. The Hall–Kier alpha value is -2.27. The van der Waals surface area contributed by atoms with Crippen molar-refractivity contribution in [2.24, 2.45) is 4.40 Å². The van der Waals surface area contributed by atoms with Crippen LogP contribution in [0.3, 0.4) is 0 Å². The highest BCUT2D eigenvalue weighted by atomic mass is 35.5. The van der Waals surface area contributed by atoms with Gasteiger partial charge in [-0.25, -0.2) is 0 Å². The molecule has 2 heterocycles. The van der Waals surface area contributed by atoms with Crippen molar-refractivity contribution in [3.63, 3.8) is 0 Å². The van der Waals surface area contributed by atoms with Crippen LogP contribution in [-0.2, 0) is 14.8 Å². The molecule has 1 aliphatic heterocycles. The molecule has 1 aliphatic rings. The fraction of sp³-hybridized carbons (Fsp3) is 0.273. The van der Waals surface area contributed by atoms with E-state index in [1.807, 2.05) is 6.07 Å². The van der Waals surface area contributed by atoms with Crippen LogP contribution in [0.4, 0.5) is 0 Å². The van der Waals surface area contributed by atoms with E-state index in [4.69, 9.17) is 21.1 Å². The number of carbonyl (C=O) groups is 1. The Kier molecular flexibility index (Phi) is 8.63. The van der Waals surface area contributed by atoms with Gasteiger partial charge in [-0.1, -0.05) is 37.1 Å². The van der Waals surface area contributed by atoms with E-state index in [1.165, 1.54) is 23.1 Å². The Labute approximate surface area is 206 Å². The molecule has 11 heteroatoms. The van der Waals surface area contributed by atoms with Crippen molar-refractivity contribution in [1.29, 1.82) is 0 Å². The van der Waals surface area contributed by atoms with Crippen LogP contribution in [-0.4, -0.2) is 44.7 Å². The van der Waals surface area contributed by atoms with Gasteiger partial charge < -0.3 is 9.47 Å². The second-order valence-corrected chi connectivity index (χ2v) is 11.4. The molecule has 0 aliphatic carbocycles. The van der Waals surface area contributed by atoms with Crippen molar-refractivity contribution in [2.45, 2.75) is 24.0 Å². The van der Waals surface area contributed by atoms with E-state index in [9.17, 15) is 13.2 Å². The molecule has 1 saturated heterocycles. The minimum absolute atomic E-state index is 0.00688. The summed E-state index contributed by atoms with van der Waals surface area (Å²) in [5.74, 6) is 0.805. The Bertz CT molecular complexity index is 1200. The van der Waals surface area contributed by atoms with Crippen molar-refractivity contribution >= 4 is 61.9 Å². The Morgan fingerprint density at radius 1 is 1.24 bits per heavy atom. The van der Waals surface area contributed by atoms with Gasteiger partial charge in [-0.3, -0.25) is 9.69 Å². The normalized spacial score (nSPS) is 16.6. The summed E-state index contributed by atoms with van der Waals surface area (Å²) in [6.45, 7) is 6.44. The van der Waals surface area contributed by atoms with E-state index in [2.05, 4.69) is 17.9 Å². The summed E-state index contributed by atoms with van der Waals surface area (Å²) < 4.78 is 40.8. The predicted octanol–water partition coefficient (Wildman–Crippen LogP) is 5.44. The lowest BCUT2D eigenvalue weighted by molar-refractivity contribution is -0.121. The summed E-state index contributed by atoms with van der Waals surface area (Å²) in [6.07, 6.45) is 5.13. The lowest BCUT2D eigenvalue weighted by Crippen LogP contribution is -2.29. The molecule has 0 spiro atoms. The topological polar surface area (TPSA) is 85.3 Å². The number of nitrogens with zero attached hydrogens (tertiary/aromatic N) is 2. The summed E-state index contributed by atoms with van der Waals surface area (Å²) in [5, 5.41) is 0.0576. The second-order valence-electron chi connectivity index (χ2n) is 6.83. The molecule has 33 heavy (non-hydrogen) atoms.